The number of aryl methyl sites for hydroxylation is 2. The monoisotopic (exact) mass is 395 g/mol. The normalized spacial score (nSPS) is 17.5. The lowest BCUT2D eigenvalue weighted by molar-refractivity contribution is 0.322. The number of hydrogen-bond donors (Lipinski definition) is 0. The standard InChI is InChI=1S/C22H25N3S2/c26-22-23-21-19(17-10-4-5-11-18(17)27-21)20(16-8-2-1-3-9-16)25(22)15-14-24-12-6-7-13-24/h1-3,8-9H,4-7,10-15H2. The minimum absolute atomic E-state index is 0.735. The van der Waals surface area contributed by atoms with Crippen molar-refractivity contribution in [3.05, 3.63) is 45.5 Å². The average Bonchev–Trinajstić information content (AvgIpc) is 3.34. The van der Waals surface area contributed by atoms with Gasteiger partial charge in [0, 0.05) is 23.4 Å². The van der Waals surface area contributed by atoms with Crippen molar-refractivity contribution < 1.29 is 0 Å². The van der Waals surface area contributed by atoms with Crippen LogP contribution in [0.3, 0.4) is 0 Å². The molecule has 2 aromatic heterocycles. The number of hydrogen-bond acceptors (Lipinski definition) is 4. The van der Waals surface area contributed by atoms with Crippen LogP contribution in [0.5, 0.6) is 0 Å². The second-order valence-corrected chi connectivity index (χ2v) is 9.15. The van der Waals surface area contributed by atoms with Gasteiger partial charge in [0.05, 0.1) is 5.69 Å². The molecule has 1 saturated heterocycles. The second kappa shape index (κ2) is 7.46. The third-order valence-electron chi connectivity index (χ3n) is 5.97. The molecule has 3 aromatic rings. The fourth-order valence-corrected chi connectivity index (χ4v) is 6.20. The van der Waals surface area contributed by atoms with E-state index in [9.17, 15) is 0 Å². The molecule has 0 unspecified atom stereocenters. The predicted molar refractivity (Wildman–Crippen MR) is 116 cm³/mol. The number of aromatic nitrogens is 2. The smallest absolute Gasteiger partial charge is 0.201 e. The second-order valence-electron chi connectivity index (χ2n) is 7.70. The Bertz CT molecular complexity index is 1010. The van der Waals surface area contributed by atoms with E-state index in [-0.39, 0.29) is 0 Å². The van der Waals surface area contributed by atoms with Gasteiger partial charge in [0.1, 0.15) is 4.83 Å². The maximum Gasteiger partial charge on any atom is 0.201 e. The molecule has 1 aliphatic carbocycles. The van der Waals surface area contributed by atoms with Gasteiger partial charge in [-0.3, -0.25) is 0 Å². The lowest BCUT2D eigenvalue weighted by Gasteiger charge is -2.20. The first-order chi connectivity index (χ1) is 13.3. The molecule has 27 heavy (non-hydrogen) atoms. The maximum absolute atomic E-state index is 5.79. The van der Waals surface area contributed by atoms with E-state index in [1.165, 1.54) is 78.7 Å². The van der Waals surface area contributed by atoms with Gasteiger partial charge in [-0.2, -0.15) is 0 Å². The van der Waals surface area contributed by atoms with Gasteiger partial charge < -0.3 is 9.47 Å². The Morgan fingerprint density at radius 1 is 0.963 bits per heavy atom. The van der Waals surface area contributed by atoms with Crippen molar-refractivity contribution in [2.75, 3.05) is 19.6 Å². The Balaban J connectivity index is 1.70. The van der Waals surface area contributed by atoms with Crippen molar-refractivity contribution in [2.45, 2.75) is 45.1 Å². The summed E-state index contributed by atoms with van der Waals surface area (Å²) in [7, 11) is 0. The molecule has 0 bridgehead atoms. The molecule has 2 aliphatic rings. The van der Waals surface area contributed by atoms with E-state index >= 15 is 0 Å². The fourth-order valence-electron chi connectivity index (χ4n) is 4.60. The average molecular weight is 396 g/mol. The summed E-state index contributed by atoms with van der Waals surface area (Å²) in [6.07, 6.45) is 7.62. The summed E-state index contributed by atoms with van der Waals surface area (Å²) in [5.41, 5.74) is 4.10. The molecule has 140 valence electrons. The molecule has 0 spiro atoms. The zero-order chi connectivity index (χ0) is 18.2. The highest BCUT2D eigenvalue weighted by molar-refractivity contribution is 7.71. The van der Waals surface area contributed by atoms with E-state index in [0.29, 0.717) is 0 Å². The lowest BCUT2D eigenvalue weighted by Crippen LogP contribution is -2.25. The highest BCUT2D eigenvalue weighted by Crippen LogP contribution is 2.40. The molecular formula is C22H25N3S2. The van der Waals surface area contributed by atoms with E-state index < -0.39 is 0 Å². The van der Waals surface area contributed by atoms with Gasteiger partial charge >= 0.3 is 0 Å². The number of benzene rings is 1. The number of fused-ring (bicyclic) bond motifs is 3. The molecule has 1 aliphatic heterocycles. The summed E-state index contributed by atoms with van der Waals surface area (Å²) in [6, 6.07) is 10.8. The molecule has 0 amide bonds. The van der Waals surface area contributed by atoms with Crippen LogP contribution in [0.25, 0.3) is 21.5 Å². The number of likely N-dealkylation sites (tertiary alicyclic amines) is 1. The van der Waals surface area contributed by atoms with Gasteiger partial charge in [-0.25, -0.2) is 4.98 Å². The van der Waals surface area contributed by atoms with Crippen LogP contribution in [0.2, 0.25) is 0 Å². The first-order valence-electron chi connectivity index (χ1n) is 10.1. The largest absolute Gasteiger partial charge is 0.315 e. The van der Waals surface area contributed by atoms with Gasteiger partial charge in [0.2, 0.25) is 4.77 Å². The van der Waals surface area contributed by atoms with Crippen LogP contribution >= 0.6 is 23.6 Å². The van der Waals surface area contributed by atoms with Crippen molar-refractivity contribution >= 4 is 33.8 Å². The van der Waals surface area contributed by atoms with E-state index in [1.807, 2.05) is 11.3 Å². The van der Waals surface area contributed by atoms with Gasteiger partial charge in [-0.05, 0) is 75.0 Å². The fraction of sp³-hybridized carbons (Fsp3) is 0.455. The van der Waals surface area contributed by atoms with Gasteiger partial charge in [-0.1, -0.05) is 30.3 Å². The molecule has 0 radical (unpaired) electrons. The molecular weight excluding hydrogens is 370 g/mol. The van der Waals surface area contributed by atoms with E-state index in [0.717, 1.165) is 22.7 Å². The van der Waals surface area contributed by atoms with E-state index in [2.05, 4.69) is 39.8 Å². The zero-order valence-electron chi connectivity index (χ0n) is 15.6. The summed E-state index contributed by atoms with van der Waals surface area (Å²) in [5.74, 6) is 0. The van der Waals surface area contributed by atoms with Crippen LogP contribution in [0.15, 0.2) is 30.3 Å². The summed E-state index contributed by atoms with van der Waals surface area (Å²) < 4.78 is 3.05. The van der Waals surface area contributed by atoms with E-state index in [4.69, 9.17) is 17.2 Å². The molecule has 1 aromatic carbocycles. The first-order valence-corrected chi connectivity index (χ1v) is 11.4. The molecule has 1 fully saturated rings. The SMILES string of the molecule is S=c1nc2sc3c(c2c(-c2ccccc2)n1CCN1CCCC1)CCCC3. The van der Waals surface area contributed by atoms with E-state index in [1.54, 1.807) is 0 Å². The topological polar surface area (TPSA) is 21.1 Å². The molecule has 5 heteroatoms. The minimum atomic E-state index is 0.735. The first kappa shape index (κ1) is 17.5. The van der Waals surface area contributed by atoms with Crippen LogP contribution in [0.1, 0.15) is 36.1 Å². The zero-order valence-corrected chi connectivity index (χ0v) is 17.2. The van der Waals surface area contributed by atoms with Gasteiger partial charge in [-0.15, -0.1) is 11.3 Å². The molecule has 3 nitrogen and oxygen atoms in total. The third-order valence-corrected chi connectivity index (χ3v) is 7.47. The van der Waals surface area contributed by atoms with Crippen molar-refractivity contribution in [3.63, 3.8) is 0 Å². The highest BCUT2D eigenvalue weighted by Gasteiger charge is 2.23. The molecule has 3 heterocycles. The van der Waals surface area contributed by atoms with Crippen LogP contribution in [-0.4, -0.2) is 34.1 Å². The molecule has 0 saturated carbocycles. The summed E-state index contributed by atoms with van der Waals surface area (Å²) in [5, 5.41) is 1.37. The predicted octanol–water partition coefficient (Wildman–Crippen LogP) is 5.47. The number of rotatable bonds is 4. The Kier molecular flexibility index (Phi) is 4.84. The Hall–Kier alpha value is -1.56. The van der Waals surface area contributed by atoms with Gasteiger partial charge in [0.25, 0.3) is 0 Å². The third kappa shape index (κ3) is 3.26. The van der Waals surface area contributed by atoms with Crippen molar-refractivity contribution in [2.24, 2.45) is 0 Å². The van der Waals surface area contributed by atoms with Crippen LogP contribution in [-0.2, 0) is 19.4 Å². The van der Waals surface area contributed by atoms with Crippen molar-refractivity contribution in [1.82, 2.24) is 14.5 Å². The maximum atomic E-state index is 5.79. The molecule has 5 rings (SSSR count). The van der Waals surface area contributed by atoms with Crippen molar-refractivity contribution in [3.8, 4) is 11.3 Å². The summed E-state index contributed by atoms with van der Waals surface area (Å²) >= 11 is 7.66. The van der Waals surface area contributed by atoms with Gasteiger partial charge in [0.15, 0.2) is 0 Å². The highest BCUT2D eigenvalue weighted by atomic mass is 32.1. The van der Waals surface area contributed by atoms with Crippen molar-refractivity contribution in [1.29, 1.82) is 0 Å². The van der Waals surface area contributed by atoms with Crippen LogP contribution in [0, 0.1) is 4.77 Å². The minimum Gasteiger partial charge on any atom is -0.315 e. The Labute approximate surface area is 169 Å². The quantitative estimate of drug-likeness (QED) is 0.547. The lowest BCUT2D eigenvalue weighted by atomic mass is 9.94. The van der Waals surface area contributed by atoms with Crippen LogP contribution < -0.4 is 0 Å². The Morgan fingerprint density at radius 3 is 2.56 bits per heavy atom. The number of nitrogens with zero attached hydrogens (tertiary/aromatic N) is 3. The van der Waals surface area contributed by atoms with Crippen LogP contribution in [0.4, 0.5) is 0 Å². The summed E-state index contributed by atoms with van der Waals surface area (Å²) in [4.78, 5) is 10.1. The summed E-state index contributed by atoms with van der Waals surface area (Å²) in [6.45, 7) is 4.43. The Morgan fingerprint density at radius 2 is 1.74 bits per heavy atom. The molecule has 0 N–H and O–H groups in total. The number of thiophene rings is 1. The molecule has 0 atom stereocenters.